The van der Waals surface area contributed by atoms with Crippen LogP contribution >= 0.6 is 0 Å². The second-order valence-corrected chi connectivity index (χ2v) is 3.44. The van der Waals surface area contributed by atoms with E-state index >= 15 is 0 Å². The second-order valence-electron chi connectivity index (χ2n) is 3.44. The summed E-state index contributed by atoms with van der Waals surface area (Å²) in [5, 5.41) is 13.6. The van der Waals surface area contributed by atoms with Crippen molar-refractivity contribution in [3.8, 4) is 0 Å². The van der Waals surface area contributed by atoms with Crippen molar-refractivity contribution in [3.05, 3.63) is 0 Å². The molecule has 1 atom stereocenters. The summed E-state index contributed by atoms with van der Waals surface area (Å²) in [7, 11) is 0. The van der Waals surface area contributed by atoms with Gasteiger partial charge in [0.05, 0.1) is 6.61 Å². The lowest BCUT2D eigenvalue weighted by atomic mass is 10.0. The Hall–Kier alpha value is -1.10. The van der Waals surface area contributed by atoms with Gasteiger partial charge in [0.15, 0.2) is 0 Å². The van der Waals surface area contributed by atoms with Gasteiger partial charge in [0.2, 0.25) is 11.8 Å². The van der Waals surface area contributed by atoms with Crippen LogP contribution in [0.15, 0.2) is 0 Å². The molecule has 14 heavy (non-hydrogen) atoms. The maximum absolute atomic E-state index is 11.4. The van der Waals surface area contributed by atoms with Crippen LogP contribution in [0.4, 0.5) is 0 Å². The first-order chi connectivity index (χ1) is 6.49. The molecule has 5 nitrogen and oxygen atoms in total. The summed E-state index contributed by atoms with van der Waals surface area (Å²) in [6.45, 7) is 5.17. The van der Waals surface area contributed by atoms with Gasteiger partial charge in [0.1, 0.15) is 6.04 Å². The predicted molar refractivity (Wildman–Crippen MR) is 52.5 cm³/mol. The van der Waals surface area contributed by atoms with E-state index in [0.717, 1.165) is 0 Å². The van der Waals surface area contributed by atoms with Crippen LogP contribution in [0.1, 0.15) is 20.8 Å². The molecule has 0 aliphatic heterocycles. The van der Waals surface area contributed by atoms with Gasteiger partial charge in [0, 0.05) is 13.5 Å². The van der Waals surface area contributed by atoms with Crippen molar-refractivity contribution in [2.75, 3.05) is 13.2 Å². The van der Waals surface area contributed by atoms with Crippen molar-refractivity contribution < 1.29 is 14.7 Å². The molecule has 0 radical (unpaired) electrons. The summed E-state index contributed by atoms with van der Waals surface area (Å²) in [5.41, 5.74) is 0. The van der Waals surface area contributed by atoms with Crippen molar-refractivity contribution >= 4 is 11.8 Å². The van der Waals surface area contributed by atoms with E-state index in [1.165, 1.54) is 6.92 Å². The van der Waals surface area contributed by atoms with E-state index in [1.54, 1.807) is 0 Å². The normalized spacial score (nSPS) is 12.4. The van der Waals surface area contributed by atoms with Crippen LogP contribution in [0.3, 0.4) is 0 Å². The second kappa shape index (κ2) is 6.37. The molecule has 0 heterocycles. The highest BCUT2D eigenvalue weighted by atomic mass is 16.3. The molecule has 0 saturated heterocycles. The standard InChI is InChI=1S/C9H18N2O3/c1-6(2)8(11-7(3)13)9(14)10-4-5-12/h6,8,12H,4-5H2,1-3H3,(H,10,14)(H,11,13). The van der Waals surface area contributed by atoms with Gasteiger partial charge in [-0.3, -0.25) is 9.59 Å². The van der Waals surface area contributed by atoms with Crippen LogP contribution in [0.5, 0.6) is 0 Å². The van der Waals surface area contributed by atoms with E-state index in [-0.39, 0.29) is 30.9 Å². The Bertz CT molecular complexity index is 204. The molecule has 0 fully saturated rings. The van der Waals surface area contributed by atoms with E-state index in [2.05, 4.69) is 10.6 Å². The monoisotopic (exact) mass is 202 g/mol. The molecule has 3 N–H and O–H groups in total. The minimum Gasteiger partial charge on any atom is -0.395 e. The number of hydrogen-bond acceptors (Lipinski definition) is 3. The first-order valence-corrected chi connectivity index (χ1v) is 4.64. The van der Waals surface area contributed by atoms with Crippen molar-refractivity contribution in [3.63, 3.8) is 0 Å². The summed E-state index contributed by atoms with van der Waals surface area (Å²) >= 11 is 0. The van der Waals surface area contributed by atoms with Crippen LogP contribution in [0, 0.1) is 5.92 Å². The Morgan fingerprint density at radius 3 is 2.29 bits per heavy atom. The Morgan fingerprint density at radius 1 is 1.36 bits per heavy atom. The molecule has 0 rings (SSSR count). The highest BCUT2D eigenvalue weighted by molar-refractivity contribution is 5.86. The lowest BCUT2D eigenvalue weighted by Crippen LogP contribution is -2.49. The van der Waals surface area contributed by atoms with Crippen molar-refractivity contribution in [2.45, 2.75) is 26.8 Å². The molecule has 2 amide bonds. The maximum Gasteiger partial charge on any atom is 0.242 e. The van der Waals surface area contributed by atoms with E-state index in [0.29, 0.717) is 0 Å². The summed E-state index contributed by atoms with van der Waals surface area (Å²) in [5.74, 6) is -0.468. The molecule has 0 saturated carbocycles. The molecule has 0 aromatic heterocycles. The zero-order valence-electron chi connectivity index (χ0n) is 8.83. The van der Waals surface area contributed by atoms with Gasteiger partial charge in [-0.05, 0) is 5.92 Å². The molecular formula is C9H18N2O3. The van der Waals surface area contributed by atoms with E-state index in [1.807, 2.05) is 13.8 Å². The minimum absolute atomic E-state index is 0.0255. The fourth-order valence-corrected chi connectivity index (χ4v) is 1.04. The lowest BCUT2D eigenvalue weighted by molar-refractivity contribution is -0.129. The fraction of sp³-hybridized carbons (Fsp3) is 0.778. The topological polar surface area (TPSA) is 78.4 Å². The van der Waals surface area contributed by atoms with Crippen molar-refractivity contribution in [2.24, 2.45) is 5.92 Å². The van der Waals surface area contributed by atoms with Crippen molar-refractivity contribution in [1.29, 1.82) is 0 Å². The van der Waals surface area contributed by atoms with Gasteiger partial charge in [0.25, 0.3) is 0 Å². The predicted octanol–water partition coefficient (Wildman–Crippen LogP) is -0.744. The van der Waals surface area contributed by atoms with E-state index in [9.17, 15) is 9.59 Å². The number of hydrogen-bond donors (Lipinski definition) is 3. The summed E-state index contributed by atoms with van der Waals surface area (Å²) in [4.78, 5) is 22.2. The fourth-order valence-electron chi connectivity index (χ4n) is 1.04. The zero-order valence-corrected chi connectivity index (χ0v) is 8.83. The average molecular weight is 202 g/mol. The number of carbonyl (C=O) groups is 2. The van der Waals surface area contributed by atoms with Crippen LogP contribution < -0.4 is 10.6 Å². The Kier molecular flexibility index (Phi) is 5.87. The van der Waals surface area contributed by atoms with Crippen molar-refractivity contribution in [1.82, 2.24) is 10.6 Å². The molecule has 82 valence electrons. The Balaban J connectivity index is 4.19. The number of rotatable bonds is 5. The molecule has 5 heteroatoms. The number of nitrogens with one attached hydrogen (secondary N) is 2. The van der Waals surface area contributed by atoms with Crippen LogP contribution in [0.25, 0.3) is 0 Å². The Labute approximate surface area is 83.9 Å². The third-order valence-electron chi connectivity index (χ3n) is 1.72. The number of carbonyl (C=O) groups excluding carboxylic acids is 2. The number of aliphatic hydroxyl groups excluding tert-OH is 1. The number of aliphatic hydroxyl groups is 1. The van der Waals surface area contributed by atoms with Crippen LogP contribution in [-0.2, 0) is 9.59 Å². The third kappa shape index (κ3) is 4.81. The first kappa shape index (κ1) is 12.9. The lowest BCUT2D eigenvalue weighted by Gasteiger charge is -2.20. The zero-order chi connectivity index (χ0) is 11.1. The number of amides is 2. The van der Waals surface area contributed by atoms with E-state index < -0.39 is 6.04 Å². The van der Waals surface area contributed by atoms with Gasteiger partial charge >= 0.3 is 0 Å². The summed E-state index contributed by atoms with van der Waals surface area (Å²) in [6, 6.07) is -0.529. The molecule has 0 bridgehead atoms. The molecule has 1 unspecified atom stereocenters. The smallest absolute Gasteiger partial charge is 0.242 e. The van der Waals surface area contributed by atoms with Gasteiger partial charge in [-0.1, -0.05) is 13.8 Å². The molecule has 0 aromatic rings. The summed E-state index contributed by atoms with van der Waals surface area (Å²) in [6.07, 6.45) is 0. The minimum atomic E-state index is -0.529. The van der Waals surface area contributed by atoms with Gasteiger partial charge in [-0.15, -0.1) is 0 Å². The average Bonchev–Trinajstić information content (AvgIpc) is 2.09. The highest BCUT2D eigenvalue weighted by Crippen LogP contribution is 2.01. The first-order valence-electron chi connectivity index (χ1n) is 4.64. The van der Waals surface area contributed by atoms with Crippen LogP contribution in [0.2, 0.25) is 0 Å². The van der Waals surface area contributed by atoms with Gasteiger partial charge < -0.3 is 15.7 Å². The maximum atomic E-state index is 11.4. The molecule has 0 aromatic carbocycles. The highest BCUT2D eigenvalue weighted by Gasteiger charge is 2.22. The van der Waals surface area contributed by atoms with Gasteiger partial charge in [-0.2, -0.15) is 0 Å². The molecular weight excluding hydrogens is 184 g/mol. The Morgan fingerprint density at radius 2 is 1.93 bits per heavy atom. The van der Waals surface area contributed by atoms with E-state index in [4.69, 9.17) is 5.11 Å². The largest absolute Gasteiger partial charge is 0.395 e. The molecule has 0 aliphatic carbocycles. The van der Waals surface area contributed by atoms with Crippen LogP contribution in [-0.4, -0.2) is 36.1 Å². The van der Waals surface area contributed by atoms with Gasteiger partial charge in [-0.25, -0.2) is 0 Å². The summed E-state index contributed by atoms with van der Waals surface area (Å²) < 4.78 is 0. The molecule has 0 spiro atoms. The molecule has 0 aliphatic rings. The third-order valence-corrected chi connectivity index (χ3v) is 1.72. The quantitative estimate of drug-likeness (QED) is 0.549. The SMILES string of the molecule is CC(=O)NC(C(=O)NCCO)C(C)C.